The van der Waals surface area contributed by atoms with Gasteiger partial charge in [-0.3, -0.25) is 4.79 Å². The molecule has 1 aromatic rings. The molecule has 2 N–H and O–H groups in total. The maximum atomic E-state index is 11.1. The Bertz CT molecular complexity index is 371. The topological polar surface area (TPSA) is 52.3 Å². The molecule has 0 amide bonds. The number of nitrogens with two attached hydrogens (primary N) is 1. The monoisotopic (exact) mass is 259 g/mol. The Balaban J connectivity index is 2.42. The Morgan fingerprint density at radius 1 is 1.56 bits per heavy atom. The van der Waals surface area contributed by atoms with E-state index in [1.54, 1.807) is 25.1 Å². The van der Waals surface area contributed by atoms with Crippen molar-refractivity contribution in [2.75, 3.05) is 18.1 Å². The minimum Gasteiger partial charge on any atom is -0.466 e. The lowest BCUT2D eigenvalue weighted by atomic mass is 10.3. The largest absolute Gasteiger partial charge is 0.466 e. The quantitative estimate of drug-likeness (QED) is 0.502. The summed E-state index contributed by atoms with van der Waals surface area (Å²) in [5.41, 5.74) is 6.31. The molecule has 0 unspecified atom stereocenters. The van der Waals surface area contributed by atoms with Crippen molar-refractivity contribution in [2.24, 2.45) is 0 Å². The number of carbonyl (C=O) groups is 1. The number of nitrogen functional groups attached to an aromatic ring is 1. The molecule has 0 aliphatic rings. The highest BCUT2D eigenvalue weighted by Gasteiger charge is 2.05. The van der Waals surface area contributed by atoms with Gasteiger partial charge in [-0.05, 0) is 25.1 Å². The van der Waals surface area contributed by atoms with Crippen LogP contribution in [0.4, 0.5) is 5.69 Å². The van der Waals surface area contributed by atoms with E-state index < -0.39 is 0 Å². The van der Waals surface area contributed by atoms with Gasteiger partial charge in [-0.2, -0.15) is 0 Å². The number of thioether (sulfide) groups is 1. The van der Waals surface area contributed by atoms with Crippen LogP contribution in [0.25, 0.3) is 0 Å². The molecule has 0 fully saturated rings. The highest BCUT2D eigenvalue weighted by molar-refractivity contribution is 7.99. The van der Waals surface area contributed by atoms with Crippen LogP contribution in [0.2, 0.25) is 5.02 Å². The summed E-state index contributed by atoms with van der Waals surface area (Å²) in [6.07, 6.45) is 0.379. The van der Waals surface area contributed by atoms with Crippen molar-refractivity contribution >= 4 is 35.0 Å². The first-order valence-corrected chi connectivity index (χ1v) is 6.33. The van der Waals surface area contributed by atoms with Gasteiger partial charge in [-0.15, -0.1) is 11.8 Å². The molecule has 0 aliphatic carbocycles. The molecule has 0 saturated carbocycles. The minimum absolute atomic E-state index is 0.185. The van der Waals surface area contributed by atoms with E-state index >= 15 is 0 Å². The maximum absolute atomic E-state index is 11.1. The van der Waals surface area contributed by atoms with Gasteiger partial charge in [0.15, 0.2) is 0 Å². The average molecular weight is 260 g/mol. The van der Waals surface area contributed by atoms with Crippen LogP contribution in [-0.4, -0.2) is 18.3 Å². The number of benzene rings is 1. The summed E-state index contributed by atoms with van der Waals surface area (Å²) in [6.45, 7) is 2.21. The van der Waals surface area contributed by atoms with Crippen molar-refractivity contribution in [3.8, 4) is 0 Å². The Kier molecular flexibility index (Phi) is 5.49. The van der Waals surface area contributed by atoms with E-state index in [2.05, 4.69) is 0 Å². The Morgan fingerprint density at radius 2 is 2.31 bits per heavy atom. The van der Waals surface area contributed by atoms with Crippen LogP contribution in [0.3, 0.4) is 0 Å². The van der Waals surface area contributed by atoms with Gasteiger partial charge in [0, 0.05) is 16.3 Å². The fraction of sp³-hybridized carbons (Fsp3) is 0.364. The summed E-state index contributed by atoms with van der Waals surface area (Å²) in [4.78, 5) is 12.0. The fourth-order valence-electron chi connectivity index (χ4n) is 1.11. The third-order valence-corrected chi connectivity index (χ3v) is 3.32. The summed E-state index contributed by atoms with van der Waals surface area (Å²) in [7, 11) is 0. The highest BCUT2D eigenvalue weighted by Crippen LogP contribution is 2.29. The molecule has 1 aromatic carbocycles. The smallest absolute Gasteiger partial charge is 0.306 e. The molecule has 16 heavy (non-hydrogen) atoms. The zero-order valence-electron chi connectivity index (χ0n) is 9.03. The van der Waals surface area contributed by atoms with Crippen LogP contribution in [0, 0.1) is 0 Å². The van der Waals surface area contributed by atoms with Crippen LogP contribution in [0.1, 0.15) is 13.3 Å². The normalized spacial score (nSPS) is 10.1. The van der Waals surface area contributed by atoms with E-state index in [4.69, 9.17) is 22.1 Å². The third kappa shape index (κ3) is 4.33. The van der Waals surface area contributed by atoms with E-state index in [-0.39, 0.29) is 5.97 Å². The van der Waals surface area contributed by atoms with E-state index in [9.17, 15) is 4.79 Å². The molecule has 3 nitrogen and oxygen atoms in total. The summed E-state index contributed by atoms with van der Waals surface area (Å²) < 4.78 is 4.82. The SMILES string of the molecule is CCOC(=O)CCSc1cc(N)ccc1Cl. The van der Waals surface area contributed by atoms with Crippen LogP contribution >= 0.6 is 23.4 Å². The van der Waals surface area contributed by atoms with E-state index in [1.165, 1.54) is 11.8 Å². The summed E-state index contributed by atoms with van der Waals surface area (Å²) in [6, 6.07) is 5.31. The van der Waals surface area contributed by atoms with Crippen molar-refractivity contribution in [3.05, 3.63) is 23.2 Å². The molecule has 88 valence electrons. The highest BCUT2D eigenvalue weighted by atomic mass is 35.5. The summed E-state index contributed by atoms with van der Waals surface area (Å²) in [5.74, 6) is 0.456. The predicted octanol–water partition coefficient (Wildman–Crippen LogP) is 2.97. The van der Waals surface area contributed by atoms with Crippen molar-refractivity contribution in [2.45, 2.75) is 18.2 Å². The Labute approximate surface area is 104 Å². The van der Waals surface area contributed by atoms with E-state index in [0.717, 1.165) is 4.90 Å². The molecule has 0 radical (unpaired) electrons. The number of anilines is 1. The van der Waals surface area contributed by atoms with Crippen LogP contribution < -0.4 is 5.73 Å². The molecule has 0 heterocycles. The molecule has 0 bridgehead atoms. The third-order valence-electron chi connectivity index (χ3n) is 1.82. The van der Waals surface area contributed by atoms with Gasteiger partial charge in [-0.25, -0.2) is 0 Å². The molecule has 0 spiro atoms. The zero-order valence-corrected chi connectivity index (χ0v) is 10.6. The maximum Gasteiger partial charge on any atom is 0.306 e. The van der Waals surface area contributed by atoms with Crippen molar-refractivity contribution in [1.82, 2.24) is 0 Å². The van der Waals surface area contributed by atoms with Crippen molar-refractivity contribution in [3.63, 3.8) is 0 Å². The number of rotatable bonds is 5. The number of ether oxygens (including phenoxy) is 1. The van der Waals surface area contributed by atoms with Gasteiger partial charge in [0.2, 0.25) is 0 Å². The lowest BCUT2D eigenvalue weighted by molar-refractivity contribution is -0.142. The summed E-state index contributed by atoms with van der Waals surface area (Å²) >= 11 is 7.48. The second-order valence-corrected chi connectivity index (χ2v) is 4.64. The molecule has 0 aromatic heterocycles. The van der Waals surface area contributed by atoms with Gasteiger partial charge < -0.3 is 10.5 Å². The van der Waals surface area contributed by atoms with Crippen LogP contribution in [-0.2, 0) is 9.53 Å². The number of hydrogen-bond acceptors (Lipinski definition) is 4. The lowest BCUT2D eigenvalue weighted by Gasteiger charge is -2.05. The van der Waals surface area contributed by atoms with Gasteiger partial charge >= 0.3 is 5.97 Å². The number of halogens is 1. The molecule has 0 saturated heterocycles. The minimum atomic E-state index is -0.185. The first-order valence-electron chi connectivity index (χ1n) is 4.97. The second kappa shape index (κ2) is 6.66. The van der Waals surface area contributed by atoms with Crippen molar-refractivity contribution < 1.29 is 9.53 Å². The Hall–Kier alpha value is -0.870. The van der Waals surface area contributed by atoms with Gasteiger partial charge in [0.1, 0.15) is 0 Å². The molecular weight excluding hydrogens is 246 g/mol. The summed E-state index contributed by atoms with van der Waals surface area (Å²) in [5, 5.41) is 0.656. The van der Waals surface area contributed by atoms with Gasteiger partial charge in [0.25, 0.3) is 0 Å². The molecule has 0 atom stereocenters. The number of carbonyl (C=O) groups excluding carboxylic acids is 1. The number of hydrogen-bond donors (Lipinski definition) is 1. The van der Waals surface area contributed by atoms with Crippen molar-refractivity contribution in [1.29, 1.82) is 0 Å². The predicted molar refractivity (Wildman–Crippen MR) is 67.8 cm³/mol. The van der Waals surface area contributed by atoms with Gasteiger partial charge in [0.05, 0.1) is 18.1 Å². The second-order valence-electron chi connectivity index (χ2n) is 3.09. The lowest BCUT2D eigenvalue weighted by Crippen LogP contribution is -2.04. The molecule has 0 aliphatic heterocycles. The van der Waals surface area contributed by atoms with Gasteiger partial charge in [-0.1, -0.05) is 11.6 Å². The molecule has 1 rings (SSSR count). The molecule has 5 heteroatoms. The standard InChI is InChI=1S/C11H14ClNO2S/c1-2-15-11(14)5-6-16-10-7-8(13)3-4-9(10)12/h3-4,7H,2,5-6,13H2,1H3. The van der Waals surface area contributed by atoms with E-state index in [1.807, 2.05) is 0 Å². The fourth-order valence-corrected chi connectivity index (χ4v) is 2.30. The number of esters is 1. The van der Waals surface area contributed by atoms with Crippen LogP contribution in [0.5, 0.6) is 0 Å². The first-order chi connectivity index (χ1) is 7.63. The molecular formula is C11H14ClNO2S. The Morgan fingerprint density at radius 3 is 3.00 bits per heavy atom. The zero-order chi connectivity index (χ0) is 12.0. The van der Waals surface area contributed by atoms with Crippen LogP contribution in [0.15, 0.2) is 23.1 Å². The average Bonchev–Trinajstić information content (AvgIpc) is 2.23. The van der Waals surface area contributed by atoms with E-state index in [0.29, 0.717) is 29.5 Å². The first kappa shape index (κ1) is 13.2.